The van der Waals surface area contributed by atoms with Crippen LogP contribution in [-0.4, -0.2) is 51.1 Å². The number of carbonyl (C=O) groups excluding carboxylic acids is 1. The third kappa shape index (κ3) is 8.91. The average Bonchev–Trinajstić information content (AvgIpc) is 2.71. The molecule has 2 aromatic carbocycles. The van der Waals surface area contributed by atoms with E-state index in [-0.39, 0.29) is 36.4 Å². The molecule has 1 amide bonds. The number of methoxy groups -OCH3 is 1. The van der Waals surface area contributed by atoms with Crippen molar-refractivity contribution < 1.29 is 9.53 Å². The number of nitrogens with one attached hydrogen (secondary N) is 2. The molecule has 6 nitrogen and oxygen atoms in total. The molecule has 0 fully saturated rings. The van der Waals surface area contributed by atoms with E-state index in [0.29, 0.717) is 24.1 Å². The predicted molar refractivity (Wildman–Crippen MR) is 129 cm³/mol. The van der Waals surface area contributed by atoms with Gasteiger partial charge in [-0.15, -0.1) is 24.0 Å². The smallest absolute Gasteiger partial charge is 0.241 e. The normalized spacial score (nSPS) is 10.7. The highest BCUT2D eigenvalue weighted by atomic mass is 127. The number of amides is 1. The number of carbonyl (C=O) groups is 1. The number of benzene rings is 2. The van der Waals surface area contributed by atoms with Crippen LogP contribution < -0.4 is 15.4 Å². The Morgan fingerprint density at radius 1 is 1.14 bits per heavy atom. The van der Waals surface area contributed by atoms with E-state index in [4.69, 9.17) is 16.3 Å². The molecule has 0 atom stereocenters. The number of nitrogens with zero attached hydrogens (tertiary/aromatic N) is 2. The number of aliphatic imine (C=N–C) groups is 1. The molecule has 0 saturated carbocycles. The molecule has 0 saturated heterocycles. The zero-order chi connectivity index (χ0) is 20.4. The standard InChI is InChI=1S/C21H27ClN4O2.HI/c1-26(2)20(27)15-25-21(24-14-16-7-5-4-6-8-16)23-12-11-17-9-10-18(28-3)13-19(17)22;/h4-10,13H,11-12,14-15H2,1-3H3,(H2,23,24,25);1H. The van der Waals surface area contributed by atoms with Gasteiger partial charge in [0.25, 0.3) is 0 Å². The summed E-state index contributed by atoms with van der Waals surface area (Å²) in [6.45, 7) is 1.33. The summed E-state index contributed by atoms with van der Waals surface area (Å²) in [7, 11) is 5.07. The van der Waals surface area contributed by atoms with Crippen molar-refractivity contribution in [2.45, 2.75) is 13.0 Å². The molecule has 0 aromatic heterocycles. The summed E-state index contributed by atoms with van der Waals surface area (Å²) >= 11 is 6.30. The molecule has 0 aliphatic rings. The topological polar surface area (TPSA) is 66.0 Å². The van der Waals surface area contributed by atoms with Gasteiger partial charge < -0.3 is 20.3 Å². The third-order valence-corrected chi connectivity index (χ3v) is 4.47. The first-order chi connectivity index (χ1) is 13.5. The molecule has 2 rings (SSSR count). The van der Waals surface area contributed by atoms with Crippen molar-refractivity contribution in [2.24, 2.45) is 4.99 Å². The number of rotatable bonds is 8. The van der Waals surface area contributed by atoms with Crippen LogP contribution >= 0.6 is 35.6 Å². The molecule has 0 spiro atoms. The molecule has 2 N–H and O–H groups in total. The van der Waals surface area contributed by atoms with E-state index in [1.807, 2.05) is 42.5 Å². The van der Waals surface area contributed by atoms with Crippen LogP contribution in [0.4, 0.5) is 0 Å². The second-order valence-electron chi connectivity index (χ2n) is 6.43. The number of halogens is 2. The maximum atomic E-state index is 11.9. The van der Waals surface area contributed by atoms with Gasteiger partial charge in [-0.1, -0.05) is 48.0 Å². The van der Waals surface area contributed by atoms with Crippen LogP contribution in [0.25, 0.3) is 0 Å². The highest BCUT2D eigenvalue weighted by Crippen LogP contribution is 2.22. The molecule has 29 heavy (non-hydrogen) atoms. The Morgan fingerprint density at radius 2 is 1.86 bits per heavy atom. The van der Waals surface area contributed by atoms with E-state index in [1.54, 1.807) is 32.2 Å². The van der Waals surface area contributed by atoms with Gasteiger partial charge >= 0.3 is 0 Å². The van der Waals surface area contributed by atoms with Crippen molar-refractivity contribution in [3.8, 4) is 5.75 Å². The summed E-state index contributed by atoms with van der Waals surface area (Å²) in [6.07, 6.45) is 0.719. The molecule has 0 aliphatic carbocycles. The van der Waals surface area contributed by atoms with Crippen LogP contribution in [-0.2, 0) is 17.8 Å². The van der Waals surface area contributed by atoms with Gasteiger partial charge in [0.1, 0.15) is 5.75 Å². The minimum Gasteiger partial charge on any atom is -0.497 e. The Labute approximate surface area is 194 Å². The largest absolute Gasteiger partial charge is 0.497 e. The first-order valence-electron chi connectivity index (χ1n) is 9.08. The second-order valence-corrected chi connectivity index (χ2v) is 6.83. The Morgan fingerprint density at radius 3 is 2.48 bits per heavy atom. The van der Waals surface area contributed by atoms with Gasteiger partial charge in [0.05, 0.1) is 20.2 Å². The zero-order valence-corrected chi connectivity index (χ0v) is 20.0. The number of hydrogen-bond donors (Lipinski definition) is 2. The molecular formula is C21H28ClIN4O2. The lowest BCUT2D eigenvalue weighted by Crippen LogP contribution is -2.43. The Kier molecular flexibility index (Phi) is 11.5. The first-order valence-corrected chi connectivity index (χ1v) is 9.46. The fourth-order valence-electron chi connectivity index (χ4n) is 2.42. The minimum atomic E-state index is -0.0209. The average molecular weight is 531 g/mol. The van der Waals surface area contributed by atoms with Crippen LogP contribution in [0.2, 0.25) is 5.02 Å². The molecule has 0 bridgehead atoms. The quantitative estimate of drug-likeness (QED) is 0.312. The summed E-state index contributed by atoms with van der Waals surface area (Å²) in [6, 6.07) is 15.6. The van der Waals surface area contributed by atoms with E-state index in [1.165, 1.54) is 0 Å². The van der Waals surface area contributed by atoms with E-state index in [9.17, 15) is 4.79 Å². The van der Waals surface area contributed by atoms with Gasteiger partial charge in [0.2, 0.25) is 5.91 Å². The zero-order valence-electron chi connectivity index (χ0n) is 16.9. The lowest BCUT2D eigenvalue weighted by atomic mass is 10.1. The van der Waals surface area contributed by atoms with Gasteiger partial charge in [0.15, 0.2) is 5.96 Å². The lowest BCUT2D eigenvalue weighted by Gasteiger charge is -2.15. The molecule has 158 valence electrons. The maximum absolute atomic E-state index is 11.9. The fourth-order valence-corrected chi connectivity index (χ4v) is 2.68. The molecule has 2 aromatic rings. The molecule has 0 aliphatic heterocycles. The van der Waals surface area contributed by atoms with Gasteiger partial charge in [-0.25, -0.2) is 4.99 Å². The van der Waals surface area contributed by atoms with Crippen molar-refractivity contribution in [3.63, 3.8) is 0 Å². The predicted octanol–water partition coefficient (Wildman–Crippen LogP) is 3.33. The van der Waals surface area contributed by atoms with Crippen LogP contribution in [0.15, 0.2) is 53.5 Å². The summed E-state index contributed by atoms with van der Waals surface area (Å²) in [5, 5.41) is 7.02. The summed E-state index contributed by atoms with van der Waals surface area (Å²) in [5.41, 5.74) is 2.11. The van der Waals surface area contributed by atoms with E-state index < -0.39 is 0 Å². The van der Waals surface area contributed by atoms with E-state index in [2.05, 4.69) is 15.6 Å². The molecule has 0 radical (unpaired) electrons. The minimum absolute atomic E-state index is 0. The molecule has 0 heterocycles. The van der Waals surface area contributed by atoms with Gasteiger partial charge in [-0.3, -0.25) is 4.79 Å². The highest BCUT2D eigenvalue weighted by molar-refractivity contribution is 14.0. The lowest BCUT2D eigenvalue weighted by molar-refractivity contribution is -0.127. The SMILES string of the molecule is COc1ccc(CCNC(=NCc2ccccc2)NCC(=O)N(C)C)c(Cl)c1.I. The molecular weight excluding hydrogens is 503 g/mol. The highest BCUT2D eigenvalue weighted by Gasteiger charge is 2.07. The van der Waals surface area contributed by atoms with Crippen molar-refractivity contribution >= 4 is 47.4 Å². The molecule has 8 heteroatoms. The van der Waals surface area contributed by atoms with Crippen molar-refractivity contribution in [3.05, 3.63) is 64.7 Å². The Hall–Kier alpha value is -2.00. The monoisotopic (exact) mass is 530 g/mol. The number of ether oxygens (including phenoxy) is 1. The van der Waals surface area contributed by atoms with Gasteiger partial charge in [0, 0.05) is 25.7 Å². The van der Waals surface area contributed by atoms with Gasteiger partial charge in [-0.05, 0) is 29.7 Å². The second kappa shape index (κ2) is 13.3. The Balaban J connectivity index is 0.00000420. The number of hydrogen-bond acceptors (Lipinski definition) is 3. The Bertz CT molecular complexity index is 801. The van der Waals surface area contributed by atoms with Crippen molar-refractivity contribution in [1.82, 2.24) is 15.5 Å². The van der Waals surface area contributed by atoms with E-state index >= 15 is 0 Å². The summed E-state index contributed by atoms with van der Waals surface area (Å²) in [4.78, 5) is 18.0. The third-order valence-electron chi connectivity index (χ3n) is 4.12. The number of likely N-dealkylation sites (N-methyl/N-ethyl adjacent to an activating group) is 1. The summed E-state index contributed by atoms with van der Waals surface area (Å²) in [5.74, 6) is 1.30. The van der Waals surface area contributed by atoms with E-state index in [0.717, 1.165) is 23.3 Å². The molecule has 0 unspecified atom stereocenters. The van der Waals surface area contributed by atoms with Crippen LogP contribution in [0.5, 0.6) is 5.75 Å². The first kappa shape index (κ1) is 25.0. The maximum Gasteiger partial charge on any atom is 0.241 e. The van der Waals surface area contributed by atoms with Crippen LogP contribution in [0.3, 0.4) is 0 Å². The van der Waals surface area contributed by atoms with Crippen molar-refractivity contribution in [1.29, 1.82) is 0 Å². The van der Waals surface area contributed by atoms with Crippen LogP contribution in [0.1, 0.15) is 11.1 Å². The van der Waals surface area contributed by atoms with Gasteiger partial charge in [-0.2, -0.15) is 0 Å². The van der Waals surface area contributed by atoms with Crippen LogP contribution in [0, 0.1) is 0 Å². The number of guanidine groups is 1. The summed E-state index contributed by atoms with van der Waals surface area (Å²) < 4.78 is 5.18. The van der Waals surface area contributed by atoms with Crippen molar-refractivity contribution in [2.75, 3.05) is 34.3 Å². The fraction of sp³-hybridized carbons (Fsp3) is 0.333.